The van der Waals surface area contributed by atoms with Crippen LogP contribution in [0.1, 0.15) is 38.5 Å². The molecule has 4 bridgehead atoms. The predicted octanol–water partition coefficient (Wildman–Crippen LogP) is 2.35. The highest BCUT2D eigenvalue weighted by atomic mass is 32.2. The second-order valence-corrected chi connectivity index (χ2v) is 12.2. The summed E-state index contributed by atoms with van der Waals surface area (Å²) in [5.74, 6) is -0.171. The Morgan fingerprint density at radius 1 is 1.24 bits per heavy atom. The highest BCUT2D eigenvalue weighted by molar-refractivity contribution is 7.86. The first-order valence-corrected chi connectivity index (χ1v) is 12.8. The van der Waals surface area contributed by atoms with Crippen molar-refractivity contribution in [1.29, 1.82) is 0 Å². The van der Waals surface area contributed by atoms with Crippen LogP contribution in [0.3, 0.4) is 0 Å². The standard InChI is InChI=1S/C15H24F2O6SSi/c1-25(2)23-14-6-10-3-11(7-14)5-13(4-10,8-14)12(18)22-9-15(16,17)24(19,20)21/h10-11,25H,3-9H2,1-2H3,(H,19,20,21). The third kappa shape index (κ3) is 3.50. The smallest absolute Gasteiger partial charge is 0.402 e. The third-order valence-electron chi connectivity index (χ3n) is 5.67. The maximum Gasteiger partial charge on any atom is 0.402 e. The summed E-state index contributed by atoms with van der Waals surface area (Å²) in [5.41, 5.74) is -1.24. The van der Waals surface area contributed by atoms with Crippen molar-refractivity contribution in [1.82, 2.24) is 0 Å². The van der Waals surface area contributed by atoms with Crippen LogP contribution in [0.4, 0.5) is 8.78 Å². The Hall–Kier alpha value is -0.583. The third-order valence-corrected chi connectivity index (χ3v) is 7.52. The van der Waals surface area contributed by atoms with E-state index in [0.29, 0.717) is 31.1 Å². The average molecular weight is 399 g/mol. The molecule has 1 N–H and O–H groups in total. The average Bonchev–Trinajstić information content (AvgIpc) is 2.40. The summed E-state index contributed by atoms with van der Waals surface area (Å²) < 4.78 is 67.6. The van der Waals surface area contributed by atoms with E-state index in [4.69, 9.17) is 13.7 Å². The van der Waals surface area contributed by atoms with Crippen molar-refractivity contribution in [2.75, 3.05) is 6.61 Å². The van der Waals surface area contributed by atoms with Gasteiger partial charge in [-0.2, -0.15) is 17.2 Å². The lowest BCUT2D eigenvalue weighted by atomic mass is 9.48. The minimum Gasteiger partial charge on any atom is -0.458 e. The van der Waals surface area contributed by atoms with Crippen molar-refractivity contribution in [3.63, 3.8) is 0 Å². The predicted molar refractivity (Wildman–Crippen MR) is 87.3 cm³/mol. The molecule has 10 heteroatoms. The molecule has 4 fully saturated rings. The summed E-state index contributed by atoms with van der Waals surface area (Å²) in [6.45, 7) is 2.47. The van der Waals surface area contributed by atoms with Crippen molar-refractivity contribution >= 4 is 25.1 Å². The second kappa shape index (κ2) is 5.96. The van der Waals surface area contributed by atoms with Gasteiger partial charge in [0.1, 0.15) is 0 Å². The Labute approximate surface area is 147 Å². The minimum atomic E-state index is -5.61. The van der Waals surface area contributed by atoms with Gasteiger partial charge < -0.3 is 9.16 Å². The normalized spacial score (nSPS) is 37.5. The minimum absolute atomic E-state index is 0.309. The summed E-state index contributed by atoms with van der Waals surface area (Å²) in [4.78, 5) is 12.6. The van der Waals surface area contributed by atoms with Gasteiger partial charge in [0.2, 0.25) is 0 Å². The zero-order valence-electron chi connectivity index (χ0n) is 14.3. The fourth-order valence-corrected chi connectivity index (χ4v) is 6.92. The zero-order chi connectivity index (χ0) is 18.7. The van der Waals surface area contributed by atoms with E-state index in [9.17, 15) is 22.0 Å². The van der Waals surface area contributed by atoms with Crippen LogP contribution in [-0.2, 0) is 24.1 Å². The van der Waals surface area contributed by atoms with Crippen LogP contribution in [0.25, 0.3) is 0 Å². The van der Waals surface area contributed by atoms with Crippen molar-refractivity contribution < 1.29 is 35.7 Å². The van der Waals surface area contributed by atoms with E-state index in [1.54, 1.807) is 0 Å². The summed E-state index contributed by atoms with van der Waals surface area (Å²) in [5, 5.41) is -4.50. The van der Waals surface area contributed by atoms with Crippen molar-refractivity contribution in [3.8, 4) is 0 Å². The van der Waals surface area contributed by atoms with E-state index in [1.165, 1.54) is 0 Å². The van der Waals surface area contributed by atoms with Crippen LogP contribution in [0.2, 0.25) is 13.1 Å². The number of rotatable bonds is 6. The molecule has 2 unspecified atom stereocenters. The van der Waals surface area contributed by atoms with Gasteiger partial charge in [0.15, 0.2) is 15.6 Å². The van der Waals surface area contributed by atoms with Gasteiger partial charge in [-0.15, -0.1) is 0 Å². The van der Waals surface area contributed by atoms with E-state index >= 15 is 0 Å². The molecule has 0 spiro atoms. The lowest BCUT2D eigenvalue weighted by molar-refractivity contribution is -0.195. The topological polar surface area (TPSA) is 89.9 Å². The molecular formula is C15H24F2O6SSi. The van der Waals surface area contributed by atoms with E-state index in [1.807, 2.05) is 0 Å². The fraction of sp³-hybridized carbons (Fsp3) is 0.933. The molecule has 6 nitrogen and oxygen atoms in total. The molecule has 0 amide bonds. The number of hydrogen-bond acceptors (Lipinski definition) is 5. The Kier molecular flexibility index (Phi) is 4.58. The highest BCUT2D eigenvalue weighted by Gasteiger charge is 2.62. The summed E-state index contributed by atoms with van der Waals surface area (Å²) in [7, 11) is -6.95. The molecular weight excluding hydrogens is 374 g/mol. The zero-order valence-corrected chi connectivity index (χ0v) is 16.3. The molecule has 2 atom stereocenters. The first-order valence-electron chi connectivity index (χ1n) is 8.56. The van der Waals surface area contributed by atoms with Gasteiger partial charge in [-0.3, -0.25) is 9.35 Å². The quantitative estimate of drug-likeness (QED) is 0.420. The van der Waals surface area contributed by atoms with Gasteiger partial charge in [0, 0.05) is 0 Å². The number of hydrogen-bond donors (Lipinski definition) is 1. The molecule has 4 saturated carbocycles. The molecule has 0 aromatic heterocycles. The first-order chi connectivity index (χ1) is 11.4. The lowest BCUT2D eigenvalue weighted by Gasteiger charge is -2.61. The molecule has 0 heterocycles. The van der Waals surface area contributed by atoms with Gasteiger partial charge >= 0.3 is 21.3 Å². The number of esters is 1. The van der Waals surface area contributed by atoms with Gasteiger partial charge in [0.25, 0.3) is 0 Å². The van der Waals surface area contributed by atoms with Gasteiger partial charge in [0.05, 0.1) is 11.0 Å². The van der Waals surface area contributed by atoms with Crippen LogP contribution in [0.15, 0.2) is 0 Å². The van der Waals surface area contributed by atoms with E-state index in [2.05, 4.69) is 13.1 Å². The molecule has 4 rings (SSSR count). The first kappa shape index (κ1) is 19.2. The summed E-state index contributed by atoms with van der Waals surface area (Å²) >= 11 is 0. The monoisotopic (exact) mass is 398 g/mol. The Morgan fingerprint density at radius 3 is 2.28 bits per heavy atom. The van der Waals surface area contributed by atoms with Gasteiger partial charge in [-0.05, 0) is 63.5 Å². The van der Waals surface area contributed by atoms with Crippen LogP contribution < -0.4 is 0 Å². The van der Waals surface area contributed by atoms with Crippen LogP contribution in [0.5, 0.6) is 0 Å². The molecule has 0 aliphatic heterocycles. The molecule has 144 valence electrons. The van der Waals surface area contributed by atoms with Crippen LogP contribution in [-0.4, -0.2) is 45.4 Å². The van der Waals surface area contributed by atoms with Crippen molar-refractivity contribution in [3.05, 3.63) is 0 Å². The molecule has 0 saturated heterocycles. The van der Waals surface area contributed by atoms with Gasteiger partial charge in [-0.1, -0.05) is 0 Å². The summed E-state index contributed by atoms with van der Waals surface area (Å²) in [6, 6.07) is 0. The summed E-state index contributed by atoms with van der Waals surface area (Å²) in [6.07, 6.45) is 4.40. The number of halogens is 2. The largest absolute Gasteiger partial charge is 0.458 e. The van der Waals surface area contributed by atoms with Gasteiger partial charge in [-0.25, -0.2) is 0 Å². The second-order valence-electron chi connectivity index (χ2n) is 8.28. The maximum absolute atomic E-state index is 13.4. The molecule has 0 aromatic carbocycles. The molecule has 0 aromatic rings. The Balaban J connectivity index is 1.76. The SMILES string of the molecule is C[SiH](C)OC12CC3CC(C1)CC(C(=O)OCC(F)(F)S(=O)(=O)O)(C3)C2. The number of ether oxygens (including phenoxy) is 1. The molecule has 4 aliphatic carbocycles. The molecule has 25 heavy (non-hydrogen) atoms. The lowest BCUT2D eigenvalue weighted by Crippen LogP contribution is -2.60. The molecule has 4 aliphatic rings. The van der Waals surface area contributed by atoms with Crippen molar-refractivity contribution in [2.24, 2.45) is 17.3 Å². The van der Waals surface area contributed by atoms with E-state index < -0.39 is 42.4 Å². The number of alkyl halides is 2. The number of carbonyl (C=O) groups excluding carboxylic acids is 1. The van der Waals surface area contributed by atoms with Crippen LogP contribution in [0, 0.1) is 17.3 Å². The Bertz CT molecular complexity index is 645. The van der Waals surface area contributed by atoms with E-state index in [-0.39, 0.29) is 5.60 Å². The number of carbonyl (C=O) groups is 1. The van der Waals surface area contributed by atoms with Crippen molar-refractivity contribution in [2.45, 2.75) is 62.5 Å². The van der Waals surface area contributed by atoms with E-state index in [0.717, 1.165) is 19.3 Å². The molecule has 0 radical (unpaired) electrons. The Morgan fingerprint density at radius 2 is 1.80 bits per heavy atom. The van der Waals surface area contributed by atoms with Crippen LogP contribution >= 0.6 is 0 Å². The highest BCUT2D eigenvalue weighted by Crippen LogP contribution is 2.63. The maximum atomic E-state index is 13.4. The fourth-order valence-electron chi connectivity index (χ4n) is 5.43.